The van der Waals surface area contributed by atoms with Crippen LogP contribution in [0.5, 0.6) is 0 Å². The fourth-order valence-electron chi connectivity index (χ4n) is 1.05. The second kappa shape index (κ2) is 8.81. The van der Waals surface area contributed by atoms with E-state index in [-0.39, 0.29) is 5.96 Å². The van der Waals surface area contributed by atoms with E-state index in [4.69, 9.17) is 15.9 Å². The lowest BCUT2D eigenvalue weighted by atomic mass is 10.2. The lowest BCUT2D eigenvalue weighted by Gasteiger charge is -2.06. The van der Waals surface area contributed by atoms with Crippen LogP contribution in [0.3, 0.4) is 0 Å². The van der Waals surface area contributed by atoms with Crippen LogP contribution in [0.1, 0.15) is 33.1 Å². The minimum absolute atomic E-state index is 0.0565. The summed E-state index contributed by atoms with van der Waals surface area (Å²) in [7, 11) is 0. The average molecular weight is 201 g/mol. The smallest absolute Gasteiger partial charge is 0.185 e. The van der Waals surface area contributed by atoms with Crippen molar-refractivity contribution in [2.24, 2.45) is 11.7 Å². The predicted molar refractivity (Wildman–Crippen MR) is 59.4 cm³/mol. The summed E-state index contributed by atoms with van der Waals surface area (Å²) in [4.78, 5) is 0. The minimum Gasteiger partial charge on any atom is -0.381 e. The summed E-state index contributed by atoms with van der Waals surface area (Å²) in [6.45, 7) is 6.79. The highest BCUT2D eigenvalue weighted by molar-refractivity contribution is 5.74. The van der Waals surface area contributed by atoms with E-state index in [9.17, 15) is 0 Å². The normalized spacial score (nSPS) is 10.5. The fraction of sp³-hybridized carbons (Fsp3) is 0.900. The van der Waals surface area contributed by atoms with Gasteiger partial charge in [0.1, 0.15) is 0 Å². The van der Waals surface area contributed by atoms with E-state index in [0.29, 0.717) is 5.92 Å². The molecule has 0 aliphatic heterocycles. The number of guanidine groups is 1. The van der Waals surface area contributed by atoms with E-state index >= 15 is 0 Å². The molecule has 0 aromatic heterocycles. The SMILES string of the molecule is CC(C)COCCCCCNC(=N)N. The maximum atomic E-state index is 6.93. The molecule has 0 aliphatic rings. The second-order valence-corrected chi connectivity index (χ2v) is 3.87. The van der Waals surface area contributed by atoms with Crippen LogP contribution < -0.4 is 11.1 Å². The first-order valence-electron chi connectivity index (χ1n) is 5.28. The fourth-order valence-corrected chi connectivity index (χ4v) is 1.05. The topological polar surface area (TPSA) is 71.1 Å². The van der Waals surface area contributed by atoms with Gasteiger partial charge in [0, 0.05) is 19.8 Å². The van der Waals surface area contributed by atoms with E-state index in [0.717, 1.165) is 39.0 Å². The van der Waals surface area contributed by atoms with Gasteiger partial charge in [-0.2, -0.15) is 0 Å². The molecule has 0 saturated carbocycles. The Kier molecular flexibility index (Phi) is 8.33. The van der Waals surface area contributed by atoms with Crippen LogP contribution in [0.15, 0.2) is 0 Å². The molecule has 0 rings (SSSR count). The highest BCUT2D eigenvalue weighted by Gasteiger charge is 1.94. The van der Waals surface area contributed by atoms with Gasteiger partial charge in [-0.1, -0.05) is 13.8 Å². The molecular formula is C10H23N3O. The molecule has 0 spiro atoms. The van der Waals surface area contributed by atoms with Crippen molar-refractivity contribution in [2.75, 3.05) is 19.8 Å². The molecule has 0 unspecified atom stereocenters. The third kappa shape index (κ3) is 11.2. The first-order chi connectivity index (χ1) is 6.63. The van der Waals surface area contributed by atoms with Crippen LogP contribution in [0, 0.1) is 11.3 Å². The second-order valence-electron chi connectivity index (χ2n) is 3.87. The monoisotopic (exact) mass is 201 g/mol. The molecule has 0 aromatic carbocycles. The van der Waals surface area contributed by atoms with Crippen LogP contribution >= 0.6 is 0 Å². The van der Waals surface area contributed by atoms with E-state index in [1.165, 1.54) is 0 Å². The highest BCUT2D eigenvalue weighted by Crippen LogP contribution is 1.97. The van der Waals surface area contributed by atoms with Gasteiger partial charge in [0.05, 0.1) is 0 Å². The Morgan fingerprint density at radius 3 is 2.64 bits per heavy atom. The van der Waals surface area contributed by atoms with Gasteiger partial charge in [-0.3, -0.25) is 5.41 Å². The quantitative estimate of drug-likeness (QED) is 0.315. The predicted octanol–water partition coefficient (Wildman–Crippen LogP) is 1.31. The van der Waals surface area contributed by atoms with Crippen LogP contribution in [0.2, 0.25) is 0 Å². The summed E-state index contributed by atoms with van der Waals surface area (Å²) in [5.74, 6) is 0.676. The molecule has 0 atom stereocenters. The van der Waals surface area contributed by atoms with Gasteiger partial charge in [-0.05, 0) is 25.2 Å². The van der Waals surface area contributed by atoms with Gasteiger partial charge in [0.2, 0.25) is 0 Å². The molecule has 14 heavy (non-hydrogen) atoms. The molecule has 0 radical (unpaired) electrons. The van der Waals surface area contributed by atoms with Gasteiger partial charge in [-0.25, -0.2) is 0 Å². The first-order valence-corrected chi connectivity index (χ1v) is 5.28. The summed E-state index contributed by atoms with van der Waals surface area (Å²) >= 11 is 0. The molecule has 0 amide bonds. The third-order valence-electron chi connectivity index (χ3n) is 1.73. The van der Waals surface area contributed by atoms with Gasteiger partial charge < -0.3 is 15.8 Å². The van der Waals surface area contributed by atoms with E-state index in [1.807, 2.05) is 0 Å². The first kappa shape index (κ1) is 13.2. The van der Waals surface area contributed by atoms with Crippen LogP contribution in [-0.2, 0) is 4.74 Å². The molecule has 4 heteroatoms. The summed E-state index contributed by atoms with van der Waals surface area (Å²) in [5.41, 5.74) is 5.14. The van der Waals surface area contributed by atoms with Crippen molar-refractivity contribution in [3.63, 3.8) is 0 Å². The molecule has 0 aliphatic carbocycles. The zero-order chi connectivity index (χ0) is 10.8. The molecule has 0 aromatic rings. The van der Waals surface area contributed by atoms with Crippen molar-refractivity contribution in [2.45, 2.75) is 33.1 Å². The molecule has 0 bridgehead atoms. The minimum atomic E-state index is 0.0565. The maximum Gasteiger partial charge on any atom is 0.185 e. The van der Waals surface area contributed by atoms with Gasteiger partial charge >= 0.3 is 0 Å². The molecule has 0 saturated heterocycles. The Bertz CT molecular complexity index is 148. The Morgan fingerprint density at radius 1 is 1.36 bits per heavy atom. The molecule has 4 N–H and O–H groups in total. The van der Waals surface area contributed by atoms with Crippen LogP contribution in [-0.4, -0.2) is 25.7 Å². The Hall–Kier alpha value is -0.770. The maximum absolute atomic E-state index is 6.93. The van der Waals surface area contributed by atoms with Gasteiger partial charge in [-0.15, -0.1) is 0 Å². The summed E-state index contributed by atoms with van der Waals surface area (Å²) in [6.07, 6.45) is 3.26. The number of unbranched alkanes of at least 4 members (excludes halogenated alkanes) is 2. The molecule has 0 fully saturated rings. The number of nitrogens with two attached hydrogens (primary N) is 1. The number of nitrogens with one attached hydrogen (secondary N) is 2. The largest absolute Gasteiger partial charge is 0.381 e. The molecule has 0 heterocycles. The lowest BCUT2D eigenvalue weighted by Crippen LogP contribution is -2.30. The van der Waals surface area contributed by atoms with E-state index < -0.39 is 0 Å². The number of ether oxygens (including phenoxy) is 1. The molecule has 4 nitrogen and oxygen atoms in total. The summed E-state index contributed by atoms with van der Waals surface area (Å²) in [6, 6.07) is 0. The molecular weight excluding hydrogens is 178 g/mol. The van der Waals surface area contributed by atoms with Crippen molar-refractivity contribution in [3.8, 4) is 0 Å². The number of rotatable bonds is 8. The van der Waals surface area contributed by atoms with Crippen molar-refractivity contribution < 1.29 is 4.74 Å². The zero-order valence-corrected chi connectivity index (χ0v) is 9.31. The van der Waals surface area contributed by atoms with Crippen molar-refractivity contribution >= 4 is 5.96 Å². The van der Waals surface area contributed by atoms with Crippen LogP contribution in [0.25, 0.3) is 0 Å². The molecule has 84 valence electrons. The van der Waals surface area contributed by atoms with E-state index in [1.54, 1.807) is 0 Å². The lowest BCUT2D eigenvalue weighted by molar-refractivity contribution is 0.106. The van der Waals surface area contributed by atoms with Gasteiger partial charge in [0.25, 0.3) is 0 Å². The number of hydrogen-bond acceptors (Lipinski definition) is 2. The summed E-state index contributed by atoms with van der Waals surface area (Å²) in [5, 5.41) is 9.70. The highest BCUT2D eigenvalue weighted by atomic mass is 16.5. The Labute approximate surface area is 86.7 Å². The zero-order valence-electron chi connectivity index (χ0n) is 9.31. The average Bonchev–Trinajstić information content (AvgIpc) is 2.08. The standard InChI is InChI=1S/C10H23N3O/c1-9(2)8-14-7-5-3-4-6-13-10(11)12/h9H,3-8H2,1-2H3,(H4,11,12,13). The number of hydrogen-bond donors (Lipinski definition) is 3. The van der Waals surface area contributed by atoms with Crippen molar-refractivity contribution in [3.05, 3.63) is 0 Å². The Morgan fingerprint density at radius 2 is 2.07 bits per heavy atom. The van der Waals surface area contributed by atoms with E-state index in [2.05, 4.69) is 19.2 Å². The Balaban J connectivity index is 2.96. The van der Waals surface area contributed by atoms with Crippen molar-refractivity contribution in [1.82, 2.24) is 5.32 Å². The summed E-state index contributed by atoms with van der Waals surface area (Å²) < 4.78 is 5.44. The van der Waals surface area contributed by atoms with Gasteiger partial charge in [0.15, 0.2) is 5.96 Å². The third-order valence-corrected chi connectivity index (χ3v) is 1.73. The van der Waals surface area contributed by atoms with Crippen molar-refractivity contribution in [1.29, 1.82) is 5.41 Å². The van der Waals surface area contributed by atoms with Crippen LogP contribution in [0.4, 0.5) is 0 Å².